The lowest BCUT2D eigenvalue weighted by Gasteiger charge is -2.14. The number of carboxylic acid groups (broad SMARTS) is 1. The lowest BCUT2D eigenvalue weighted by atomic mass is 10.0. The van der Waals surface area contributed by atoms with E-state index < -0.39 is 5.97 Å². The summed E-state index contributed by atoms with van der Waals surface area (Å²) in [7, 11) is 0. The Morgan fingerprint density at radius 2 is 1.75 bits per heavy atom. The number of carboxylic acids is 1. The first-order valence-electron chi connectivity index (χ1n) is 6.20. The molecule has 2 aromatic carbocycles. The monoisotopic (exact) mass is 334 g/mol. The largest absolute Gasteiger partial charge is 0.487 e. The number of halogens is 1. The van der Waals surface area contributed by atoms with Gasteiger partial charge in [0.1, 0.15) is 17.9 Å². The van der Waals surface area contributed by atoms with Gasteiger partial charge in [-0.3, -0.25) is 0 Å². The lowest BCUT2D eigenvalue weighted by Crippen LogP contribution is -2.06. The first kappa shape index (κ1) is 14.6. The molecule has 1 N–H and O–H groups in total. The highest BCUT2D eigenvalue weighted by Gasteiger charge is 2.15. The molecule has 0 aromatic heterocycles. The molecule has 2 rings (SSSR count). The quantitative estimate of drug-likeness (QED) is 0.904. The number of aromatic carboxylic acids is 1. The Bertz CT molecular complexity index is 630. The molecule has 0 atom stereocenters. The third-order valence-corrected chi connectivity index (χ3v) is 3.83. The van der Waals surface area contributed by atoms with Crippen molar-refractivity contribution in [3.8, 4) is 5.75 Å². The highest BCUT2D eigenvalue weighted by Crippen LogP contribution is 2.30. The summed E-state index contributed by atoms with van der Waals surface area (Å²) in [6, 6.07) is 11.0. The van der Waals surface area contributed by atoms with Gasteiger partial charge in [0, 0.05) is 0 Å². The average molecular weight is 335 g/mol. The van der Waals surface area contributed by atoms with E-state index in [0.717, 1.165) is 16.7 Å². The molecule has 104 valence electrons. The molecule has 0 heterocycles. The van der Waals surface area contributed by atoms with E-state index in [1.165, 1.54) is 6.07 Å². The summed E-state index contributed by atoms with van der Waals surface area (Å²) in [6.07, 6.45) is 0. The van der Waals surface area contributed by atoms with Crippen molar-refractivity contribution in [3.05, 3.63) is 63.1 Å². The number of hydrogen-bond acceptors (Lipinski definition) is 2. The Morgan fingerprint density at radius 1 is 1.15 bits per heavy atom. The second-order valence-corrected chi connectivity index (χ2v) is 5.44. The Balaban J connectivity index is 2.30. The molecular formula is C16H15BrO3. The van der Waals surface area contributed by atoms with Crippen molar-refractivity contribution in [2.24, 2.45) is 0 Å². The molecule has 3 nitrogen and oxygen atoms in total. The van der Waals surface area contributed by atoms with Gasteiger partial charge in [0.25, 0.3) is 0 Å². The van der Waals surface area contributed by atoms with Crippen LogP contribution in [0.1, 0.15) is 27.0 Å². The van der Waals surface area contributed by atoms with Gasteiger partial charge in [-0.05, 0) is 58.6 Å². The van der Waals surface area contributed by atoms with E-state index in [9.17, 15) is 9.90 Å². The van der Waals surface area contributed by atoms with E-state index >= 15 is 0 Å². The maximum Gasteiger partial charge on any atom is 0.339 e. The van der Waals surface area contributed by atoms with Crippen LogP contribution in [0.4, 0.5) is 0 Å². The van der Waals surface area contributed by atoms with Gasteiger partial charge in [0.2, 0.25) is 0 Å². The van der Waals surface area contributed by atoms with E-state index in [1.807, 2.05) is 32.0 Å². The van der Waals surface area contributed by atoms with Crippen LogP contribution in [0.15, 0.2) is 40.9 Å². The van der Waals surface area contributed by atoms with Crippen LogP contribution in [0.2, 0.25) is 0 Å². The van der Waals surface area contributed by atoms with Crippen LogP contribution in [0.5, 0.6) is 5.75 Å². The van der Waals surface area contributed by atoms with E-state index in [1.54, 1.807) is 12.1 Å². The number of rotatable bonds is 4. The second kappa shape index (κ2) is 6.09. The molecule has 0 aliphatic rings. The SMILES string of the molecule is Cc1cccc(C)c1COc1c(Br)cccc1C(=O)O. The van der Waals surface area contributed by atoms with Gasteiger partial charge in [-0.15, -0.1) is 0 Å². The van der Waals surface area contributed by atoms with Crippen molar-refractivity contribution in [1.29, 1.82) is 0 Å². The smallest absolute Gasteiger partial charge is 0.339 e. The summed E-state index contributed by atoms with van der Waals surface area (Å²) in [5.41, 5.74) is 3.51. The number of hydrogen-bond donors (Lipinski definition) is 1. The van der Waals surface area contributed by atoms with Gasteiger partial charge in [-0.2, -0.15) is 0 Å². The summed E-state index contributed by atoms with van der Waals surface area (Å²) >= 11 is 3.34. The fraction of sp³-hybridized carbons (Fsp3) is 0.188. The van der Waals surface area contributed by atoms with E-state index in [0.29, 0.717) is 16.8 Å². The van der Waals surface area contributed by atoms with Crippen LogP contribution in [-0.4, -0.2) is 11.1 Å². The number of aryl methyl sites for hydroxylation is 2. The van der Waals surface area contributed by atoms with Gasteiger partial charge in [-0.1, -0.05) is 24.3 Å². The maximum atomic E-state index is 11.2. The molecule has 4 heteroatoms. The van der Waals surface area contributed by atoms with Crippen molar-refractivity contribution < 1.29 is 14.6 Å². The Morgan fingerprint density at radius 3 is 2.35 bits per heavy atom. The first-order chi connectivity index (χ1) is 9.50. The van der Waals surface area contributed by atoms with Crippen LogP contribution in [-0.2, 0) is 6.61 Å². The van der Waals surface area contributed by atoms with Gasteiger partial charge in [0.05, 0.1) is 4.47 Å². The Labute approximate surface area is 126 Å². The van der Waals surface area contributed by atoms with Gasteiger partial charge in [0.15, 0.2) is 0 Å². The number of para-hydroxylation sites is 1. The zero-order chi connectivity index (χ0) is 14.7. The first-order valence-corrected chi connectivity index (χ1v) is 6.99. The normalized spacial score (nSPS) is 10.3. The van der Waals surface area contributed by atoms with Crippen molar-refractivity contribution in [3.63, 3.8) is 0 Å². The average Bonchev–Trinajstić information content (AvgIpc) is 2.39. The van der Waals surface area contributed by atoms with E-state index in [2.05, 4.69) is 15.9 Å². The number of carbonyl (C=O) groups is 1. The molecular weight excluding hydrogens is 320 g/mol. The summed E-state index contributed by atoms with van der Waals surface area (Å²) in [5, 5.41) is 9.20. The highest BCUT2D eigenvalue weighted by molar-refractivity contribution is 9.10. The minimum Gasteiger partial charge on any atom is -0.487 e. The molecule has 0 saturated heterocycles. The zero-order valence-electron chi connectivity index (χ0n) is 11.3. The fourth-order valence-corrected chi connectivity index (χ4v) is 2.53. The fourth-order valence-electron chi connectivity index (χ4n) is 2.04. The third kappa shape index (κ3) is 3.02. The topological polar surface area (TPSA) is 46.5 Å². The lowest BCUT2D eigenvalue weighted by molar-refractivity contribution is 0.0691. The van der Waals surface area contributed by atoms with Crippen LogP contribution < -0.4 is 4.74 Å². The molecule has 0 bridgehead atoms. The standard InChI is InChI=1S/C16H15BrO3/c1-10-5-3-6-11(2)13(10)9-20-15-12(16(18)19)7-4-8-14(15)17/h3-8H,9H2,1-2H3,(H,18,19). The van der Waals surface area contributed by atoms with Crippen molar-refractivity contribution in [2.45, 2.75) is 20.5 Å². The molecule has 20 heavy (non-hydrogen) atoms. The third-order valence-electron chi connectivity index (χ3n) is 3.20. The molecule has 0 unspecified atom stereocenters. The summed E-state index contributed by atoms with van der Waals surface area (Å²) in [4.78, 5) is 11.2. The Kier molecular flexibility index (Phi) is 4.45. The predicted molar refractivity (Wildman–Crippen MR) is 81.3 cm³/mol. The van der Waals surface area contributed by atoms with Crippen LogP contribution in [0, 0.1) is 13.8 Å². The van der Waals surface area contributed by atoms with Crippen molar-refractivity contribution in [1.82, 2.24) is 0 Å². The minimum atomic E-state index is -0.997. The summed E-state index contributed by atoms with van der Waals surface area (Å²) in [5.74, 6) is -0.634. The van der Waals surface area contributed by atoms with Crippen LogP contribution in [0.25, 0.3) is 0 Å². The maximum absolute atomic E-state index is 11.2. The molecule has 0 aliphatic heterocycles. The molecule has 0 aliphatic carbocycles. The van der Waals surface area contributed by atoms with E-state index in [-0.39, 0.29) is 5.56 Å². The molecule has 0 saturated carbocycles. The summed E-state index contributed by atoms with van der Waals surface area (Å²) in [6.45, 7) is 4.38. The molecule has 0 radical (unpaired) electrons. The summed E-state index contributed by atoms with van der Waals surface area (Å²) < 4.78 is 6.39. The van der Waals surface area contributed by atoms with Crippen molar-refractivity contribution in [2.75, 3.05) is 0 Å². The minimum absolute atomic E-state index is 0.158. The van der Waals surface area contributed by atoms with Gasteiger partial charge >= 0.3 is 5.97 Å². The molecule has 2 aromatic rings. The van der Waals surface area contributed by atoms with Gasteiger partial charge < -0.3 is 9.84 Å². The van der Waals surface area contributed by atoms with Crippen molar-refractivity contribution >= 4 is 21.9 Å². The zero-order valence-corrected chi connectivity index (χ0v) is 12.9. The Hall–Kier alpha value is -1.81. The van der Waals surface area contributed by atoms with E-state index in [4.69, 9.17) is 4.74 Å². The number of ether oxygens (including phenoxy) is 1. The second-order valence-electron chi connectivity index (χ2n) is 4.58. The molecule has 0 fully saturated rings. The molecule has 0 amide bonds. The highest BCUT2D eigenvalue weighted by atomic mass is 79.9. The predicted octanol–water partition coefficient (Wildman–Crippen LogP) is 4.34. The van der Waals surface area contributed by atoms with Crippen LogP contribution in [0.3, 0.4) is 0 Å². The van der Waals surface area contributed by atoms with Gasteiger partial charge in [-0.25, -0.2) is 4.79 Å². The number of benzene rings is 2. The molecule has 0 spiro atoms. The van der Waals surface area contributed by atoms with Crippen LogP contribution >= 0.6 is 15.9 Å².